The first kappa shape index (κ1) is 18.6. The predicted octanol–water partition coefficient (Wildman–Crippen LogP) is 3.00. The lowest BCUT2D eigenvalue weighted by Gasteiger charge is -2.43. The van der Waals surface area contributed by atoms with Gasteiger partial charge in [0.1, 0.15) is 0 Å². The van der Waals surface area contributed by atoms with Crippen molar-refractivity contribution in [2.45, 2.75) is 38.6 Å². The Labute approximate surface area is 154 Å². The van der Waals surface area contributed by atoms with Crippen molar-refractivity contribution in [1.29, 1.82) is 0 Å². The molecule has 140 valence electrons. The van der Waals surface area contributed by atoms with Gasteiger partial charge in [0.15, 0.2) is 0 Å². The van der Waals surface area contributed by atoms with Crippen molar-refractivity contribution in [1.82, 2.24) is 14.8 Å². The minimum Gasteiger partial charge on any atom is -0.381 e. The minimum atomic E-state index is -0.186. The van der Waals surface area contributed by atoms with E-state index < -0.39 is 0 Å². The van der Waals surface area contributed by atoms with Gasteiger partial charge in [0.25, 0.3) is 0 Å². The molecule has 0 saturated carbocycles. The quantitative estimate of drug-likeness (QED) is 0.704. The largest absolute Gasteiger partial charge is 0.381 e. The van der Waals surface area contributed by atoms with E-state index in [1.54, 1.807) is 17.3 Å². The number of imide groups is 1. The normalized spacial score (nSPS) is 20.3. The Kier molecular flexibility index (Phi) is 6.04. The van der Waals surface area contributed by atoms with Crippen LogP contribution < -0.4 is 0 Å². The molecule has 0 spiro atoms. The number of pyridine rings is 1. The summed E-state index contributed by atoms with van der Waals surface area (Å²) in [6, 6.07) is 3.62. The SMILES string of the molecule is C=CCCC1(CN2C(=O)CCN(Cc3cccnc3)C2=O)CCOCC1. The Hall–Kier alpha value is -2.21. The molecule has 0 atom stereocenters. The van der Waals surface area contributed by atoms with Crippen LogP contribution in [0.2, 0.25) is 0 Å². The summed E-state index contributed by atoms with van der Waals surface area (Å²) in [4.78, 5) is 32.8. The van der Waals surface area contributed by atoms with Crippen LogP contribution in [-0.4, -0.2) is 53.0 Å². The van der Waals surface area contributed by atoms with E-state index in [1.807, 2.05) is 18.2 Å². The number of hydrogen-bond donors (Lipinski definition) is 0. The maximum Gasteiger partial charge on any atom is 0.327 e. The fraction of sp³-hybridized carbons (Fsp3) is 0.550. The van der Waals surface area contributed by atoms with E-state index in [9.17, 15) is 9.59 Å². The summed E-state index contributed by atoms with van der Waals surface area (Å²) in [6.07, 6.45) is 9.33. The Bertz CT molecular complexity index is 641. The van der Waals surface area contributed by atoms with Crippen LogP contribution in [0.1, 0.15) is 37.7 Å². The first-order valence-electron chi connectivity index (χ1n) is 9.30. The average Bonchev–Trinajstić information content (AvgIpc) is 2.67. The molecule has 3 amide bonds. The number of amides is 3. The van der Waals surface area contributed by atoms with Crippen LogP contribution >= 0.6 is 0 Å². The number of hydrogen-bond acceptors (Lipinski definition) is 4. The summed E-state index contributed by atoms with van der Waals surface area (Å²) in [5.74, 6) is -0.0677. The molecule has 6 heteroatoms. The van der Waals surface area contributed by atoms with E-state index in [4.69, 9.17) is 4.74 Å². The first-order valence-corrected chi connectivity index (χ1v) is 9.30. The summed E-state index contributed by atoms with van der Waals surface area (Å²) in [5.41, 5.74) is 0.914. The smallest absolute Gasteiger partial charge is 0.327 e. The van der Waals surface area contributed by atoms with Gasteiger partial charge in [0.2, 0.25) is 5.91 Å². The van der Waals surface area contributed by atoms with Gasteiger partial charge in [-0.25, -0.2) is 4.79 Å². The van der Waals surface area contributed by atoms with Crippen molar-refractivity contribution in [2.24, 2.45) is 5.41 Å². The standard InChI is InChI=1S/C20H27N3O3/c1-2-3-7-20(8-12-26-13-9-20)16-23-18(24)6-11-22(19(23)25)15-17-5-4-10-21-14-17/h2,4-5,10,14H,1,3,6-9,11-13,15-16H2. The Morgan fingerprint density at radius 2 is 2.12 bits per heavy atom. The second-order valence-corrected chi connectivity index (χ2v) is 7.24. The van der Waals surface area contributed by atoms with Gasteiger partial charge in [-0.15, -0.1) is 6.58 Å². The van der Waals surface area contributed by atoms with Gasteiger partial charge in [-0.2, -0.15) is 0 Å². The van der Waals surface area contributed by atoms with Crippen LogP contribution in [0, 0.1) is 5.41 Å². The van der Waals surface area contributed by atoms with E-state index in [1.165, 1.54) is 4.90 Å². The maximum atomic E-state index is 13.0. The van der Waals surface area contributed by atoms with Crippen molar-refractivity contribution in [3.8, 4) is 0 Å². The lowest BCUT2D eigenvalue weighted by atomic mass is 9.75. The van der Waals surface area contributed by atoms with Gasteiger partial charge >= 0.3 is 6.03 Å². The summed E-state index contributed by atoms with van der Waals surface area (Å²) in [7, 11) is 0. The van der Waals surface area contributed by atoms with Crippen LogP contribution in [0.25, 0.3) is 0 Å². The fourth-order valence-electron chi connectivity index (χ4n) is 3.79. The number of urea groups is 1. The second kappa shape index (κ2) is 8.45. The molecule has 2 saturated heterocycles. The third kappa shape index (κ3) is 4.30. The number of carbonyl (C=O) groups excluding carboxylic acids is 2. The van der Waals surface area contributed by atoms with Crippen LogP contribution in [0.3, 0.4) is 0 Å². The van der Waals surface area contributed by atoms with E-state index >= 15 is 0 Å². The predicted molar refractivity (Wildman–Crippen MR) is 98.3 cm³/mol. The van der Waals surface area contributed by atoms with E-state index in [-0.39, 0.29) is 17.4 Å². The number of carbonyl (C=O) groups is 2. The highest BCUT2D eigenvalue weighted by atomic mass is 16.5. The average molecular weight is 357 g/mol. The Morgan fingerprint density at radius 1 is 1.31 bits per heavy atom. The van der Waals surface area contributed by atoms with Crippen molar-refractivity contribution < 1.29 is 14.3 Å². The van der Waals surface area contributed by atoms with Crippen molar-refractivity contribution in [2.75, 3.05) is 26.3 Å². The van der Waals surface area contributed by atoms with Crippen LogP contribution in [-0.2, 0) is 16.1 Å². The Balaban J connectivity index is 1.72. The molecule has 0 radical (unpaired) electrons. The number of allylic oxidation sites excluding steroid dienone is 1. The summed E-state index contributed by atoms with van der Waals surface area (Å²) >= 11 is 0. The van der Waals surface area contributed by atoms with Gasteiger partial charge < -0.3 is 9.64 Å². The molecule has 1 aromatic heterocycles. The number of ether oxygens (including phenoxy) is 1. The van der Waals surface area contributed by atoms with Gasteiger partial charge in [-0.05, 0) is 42.7 Å². The highest BCUT2D eigenvalue weighted by Crippen LogP contribution is 2.37. The summed E-state index contributed by atoms with van der Waals surface area (Å²) in [6.45, 7) is 6.62. The Morgan fingerprint density at radius 3 is 2.81 bits per heavy atom. The third-order valence-corrected chi connectivity index (χ3v) is 5.42. The zero-order valence-corrected chi connectivity index (χ0v) is 15.2. The number of aromatic nitrogens is 1. The first-order chi connectivity index (χ1) is 12.6. The molecule has 0 aliphatic carbocycles. The molecule has 0 unspecified atom stereocenters. The lowest BCUT2D eigenvalue weighted by molar-refractivity contribution is -0.133. The lowest BCUT2D eigenvalue weighted by Crippen LogP contribution is -2.55. The molecule has 3 heterocycles. The van der Waals surface area contributed by atoms with Gasteiger partial charge in [0.05, 0.1) is 0 Å². The van der Waals surface area contributed by atoms with E-state index in [2.05, 4.69) is 11.6 Å². The summed E-state index contributed by atoms with van der Waals surface area (Å²) < 4.78 is 5.52. The highest BCUT2D eigenvalue weighted by Gasteiger charge is 2.40. The monoisotopic (exact) mass is 357 g/mol. The molecule has 0 N–H and O–H groups in total. The number of rotatable bonds is 7. The molecule has 6 nitrogen and oxygen atoms in total. The maximum absolute atomic E-state index is 13.0. The topological polar surface area (TPSA) is 62.7 Å². The van der Waals surface area contributed by atoms with Crippen LogP contribution in [0.5, 0.6) is 0 Å². The molecule has 0 bridgehead atoms. The van der Waals surface area contributed by atoms with Crippen LogP contribution in [0.15, 0.2) is 37.2 Å². The van der Waals surface area contributed by atoms with Crippen molar-refractivity contribution in [3.05, 3.63) is 42.7 Å². The highest BCUT2D eigenvalue weighted by molar-refractivity contribution is 5.96. The third-order valence-electron chi connectivity index (χ3n) is 5.42. The van der Waals surface area contributed by atoms with Gasteiger partial charge in [-0.3, -0.25) is 14.7 Å². The van der Waals surface area contributed by atoms with Gasteiger partial charge in [-0.1, -0.05) is 12.1 Å². The minimum absolute atomic E-state index is 0.0604. The molecule has 26 heavy (non-hydrogen) atoms. The van der Waals surface area contributed by atoms with Crippen LogP contribution in [0.4, 0.5) is 4.79 Å². The molecule has 2 fully saturated rings. The molecule has 1 aromatic rings. The van der Waals surface area contributed by atoms with E-state index in [0.717, 1.165) is 31.2 Å². The zero-order valence-electron chi connectivity index (χ0n) is 15.2. The number of nitrogens with zero attached hydrogens (tertiary/aromatic N) is 3. The van der Waals surface area contributed by atoms with Gasteiger partial charge in [0, 0.05) is 51.7 Å². The fourth-order valence-corrected chi connectivity index (χ4v) is 3.79. The molecule has 3 rings (SSSR count). The molecule has 2 aliphatic rings. The molecular weight excluding hydrogens is 330 g/mol. The summed E-state index contributed by atoms with van der Waals surface area (Å²) in [5, 5.41) is 0. The second-order valence-electron chi connectivity index (χ2n) is 7.24. The van der Waals surface area contributed by atoms with E-state index in [0.29, 0.717) is 39.3 Å². The van der Waals surface area contributed by atoms with Crippen molar-refractivity contribution in [3.63, 3.8) is 0 Å². The molecule has 0 aromatic carbocycles. The van der Waals surface area contributed by atoms with Crippen molar-refractivity contribution >= 4 is 11.9 Å². The molecular formula is C20H27N3O3. The molecule has 2 aliphatic heterocycles. The zero-order chi connectivity index (χ0) is 18.4.